The molecular weight excluding hydrogens is 448 g/mol. The monoisotopic (exact) mass is 484 g/mol. The van der Waals surface area contributed by atoms with Gasteiger partial charge in [0.25, 0.3) is 11.8 Å². The second kappa shape index (κ2) is 14.5. The Morgan fingerprint density at radius 3 is 1.97 bits per heavy atom. The zero-order valence-electron chi connectivity index (χ0n) is 21.2. The van der Waals surface area contributed by atoms with Crippen LogP contribution in [-0.4, -0.2) is 57.5 Å². The Hall–Kier alpha value is -3.75. The SMILES string of the molecule is CCOc1cc(C(=O)NCC(=O)N/N=C/c2ccc(N(CC)CC)cc2)cc(OCC)c1OCC. The normalized spacial score (nSPS) is 10.7. The van der Waals surface area contributed by atoms with Gasteiger partial charge in [0.15, 0.2) is 11.5 Å². The summed E-state index contributed by atoms with van der Waals surface area (Å²) in [5, 5.41) is 6.56. The van der Waals surface area contributed by atoms with Crippen molar-refractivity contribution in [1.82, 2.24) is 10.7 Å². The van der Waals surface area contributed by atoms with Gasteiger partial charge in [-0.2, -0.15) is 5.10 Å². The van der Waals surface area contributed by atoms with Gasteiger partial charge in [-0.25, -0.2) is 5.43 Å². The highest BCUT2D eigenvalue weighted by Gasteiger charge is 2.18. The van der Waals surface area contributed by atoms with Crippen LogP contribution in [0.5, 0.6) is 17.2 Å². The van der Waals surface area contributed by atoms with E-state index in [1.807, 2.05) is 45.0 Å². The minimum Gasteiger partial charge on any atom is -0.490 e. The van der Waals surface area contributed by atoms with E-state index in [0.29, 0.717) is 42.6 Å². The van der Waals surface area contributed by atoms with Crippen LogP contribution < -0.4 is 29.9 Å². The number of nitrogens with one attached hydrogen (secondary N) is 2. The molecule has 0 fully saturated rings. The highest BCUT2D eigenvalue weighted by Crippen LogP contribution is 2.39. The van der Waals surface area contributed by atoms with Crippen LogP contribution in [0.2, 0.25) is 0 Å². The van der Waals surface area contributed by atoms with Gasteiger partial charge in [-0.1, -0.05) is 12.1 Å². The fourth-order valence-corrected chi connectivity index (χ4v) is 3.36. The molecule has 2 aromatic rings. The maximum atomic E-state index is 12.7. The summed E-state index contributed by atoms with van der Waals surface area (Å²) in [5.74, 6) is 0.374. The van der Waals surface area contributed by atoms with Crippen LogP contribution in [-0.2, 0) is 4.79 Å². The van der Waals surface area contributed by atoms with Gasteiger partial charge in [0, 0.05) is 24.3 Å². The number of amides is 2. The molecule has 0 aliphatic rings. The van der Waals surface area contributed by atoms with E-state index in [2.05, 4.69) is 34.6 Å². The second-order valence-electron chi connectivity index (χ2n) is 7.34. The first-order valence-corrected chi connectivity index (χ1v) is 12.0. The van der Waals surface area contributed by atoms with Gasteiger partial charge < -0.3 is 24.4 Å². The van der Waals surface area contributed by atoms with Crippen molar-refractivity contribution in [2.75, 3.05) is 44.4 Å². The third-order valence-corrected chi connectivity index (χ3v) is 5.01. The molecule has 0 aliphatic carbocycles. The number of rotatable bonds is 14. The van der Waals surface area contributed by atoms with E-state index >= 15 is 0 Å². The van der Waals surface area contributed by atoms with Crippen LogP contribution in [0.25, 0.3) is 0 Å². The number of carbonyl (C=O) groups excluding carboxylic acids is 2. The lowest BCUT2D eigenvalue weighted by Crippen LogP contribution is -2.35. The predicted octanol–water partition coefficient (Wildman–Crippen LogP) is 3.61. The maximum Gasteiger partial charge on any atom is 0.259 e. The second-order valence-corrected chi connectivity index (χ2v) is 7.34. The van der Waals surface area contributed by atoms with Gasteiger partial charge >= 0.3 is 0 Å². The summed E-state index contributed by atoms with van der Waals surface area (Å²) < 4.78 is 16.9. The number of hydrazone groups is 1. The lowest BCUT2D eigenvalue weighted by molar-refractivity contribution is -0.120. The van der Waals surface area contributed by atoms with Gasteiger partial charge in [0.05, 0.1) is 32.6 Å². The molecule has 0 atom stereocenters. The molecule has 0 aliphatic heterocycles. The molecule has 0 spiro atoms. The minimum absolute atomic E-state index is 0.238. The van der Waals surface area contributed by atoms with E-state index in [4.69, 9.17) is 14.2 Å². The Morgan fingerprint density at radius 1 is 0.886 bits per heavy atom. The van der Waals surface area contributed by atoms with Crippen LogP contribution in [0.3, 0.4) is 0 Å². The van der Waals surface area contributed by atoms with Crippen LogP contribution >= 0.6 is 0 Å². The molecule has 190 valence electrons. The Morgan fingerprint density at radius 2 is 1.46 bits per heavy atom. The van der Waals surface area contributed by atoms with Crippen LogP contribution in [0.15, 0.2) is 41.5 Å². The largest absolute Gasteiger partial charge is 0.490 e. The summed E-state index contributed by atoms with van der Waals surface area (Å²) in [5.41, 5.74) is 4.70. The first-order chi connectivity index (χ1) is 17.0. The fourth-order valence-electron chi connectivity index (χ4n) is 3.36. The van der Waals surface area contributed by atoms with Gasteiger partial charge in [0.2, 0.25) is 5.75 Å². The van der Waals surface area contributed by atoms with E-state index in [0.717, 1.165) is 24.3 Å². The number of nitrogens with zero attached hydrogens (tertiary/aromatic N) is 2. The van der Waals surface area contributed by atoms with Gasteiger partial charge in [-0.05, 0) is 64.4 Å². The number of benzene rings is 2. The average molecular weight is 485 g/mol. The lowest BCUT2D eigenvalue weighted by Gasteiger charge is -2.20. The molecule has 0 unspecified atom stereocenters. The zero-order chi connectivity index (χ0) is 25.6. The van der Waals surface area contributed by atoms with Crippen LogP contribution in [0.1, 0.15) is 50.5 Å². The van der Waals surface area contributed by atoms with E-state index in [9.17, 15) is 9.59 Å². The fraction of sp³-hybridized carbons (Fsp3) is 0.423. The third kappa shape index (κ3) is 8.20. The third-order valence-electron chi connectivity index (χ3n) is 5.01. The number of anilines is 1. The smallest absolute Gasteiger partial charge is 0.259 e. The molecule has 0 radical (unpaired) electrons. The number of ether oxygens (including phenoxy) is 3. The predicted molar refractivity (Wildman–Crippen MR) is 138 cm³/mol. The van der Waals surface area contributed by atoms with Crippen molar-refractivity contribution in [3.05, 3.63) is 47.5 Å². The topological polar surface area (TPSA) is 101 Å². The zero-order valence-corrected chi connectivity index (χ0v) is 21.2. The first-order valence-electron chi connectivity index (χ1n) is 12.0. The van der Waals surface area contributed by atoms with Crippen molar-refractivity contribution in [2.24, 2.45) is 5.10 Å². The number of hydrogen-bond acceptors (Lipinski definition) is 7. The minimum atomic E-state index is -0.449. The summed E-state index contributed by atoms with van der Waals surface area (Å²) in [6, 6.07) is 11.0. The lowest BCUT2D eigenvalue weighted by atomic mass is 10.1. The molecule has 35 heavy (non-hydrogen) atoms. The van der Waals surface area contributed by atoms with E-state index in [1.54, 1.807) is 18.3 Å². The highest BCUT2D eigenvalue weighted by molar-refractivity contribution is 5.97. The maximum absolute atomic E-state index is 12.7. The molecular formula is C26H36N4O5. The summed E-state index contributed by atoms with van der Waals surface area (Å²) >= 11 is 0. The van der Waals surface area contributed by atoms with Crippen molar-refractivity contribution < 1.29 is 23.8 Å². The van der Waals surface area contributed by atoms with Crippen molar-refractivity contribution in [2.45, 2.75) is 34.6 Å². The van der Waals surface area contributed by atoms with Gasteiger partial charge in [-0.3, -0.25) is 9.59 Å². The number of hydrogen-bond donors (Lipinski definition) is 2. The number of carbonyl (C=O) groups is 2. The Bertz CT molecular complexity index is 961. The molecule has 9 heteroatoms. The van der Waals surface area contributed by atoms with Crippen molar-refractivity contribution in [1.29, 1.82) is 0 Å². The molecule has 0 saturated heterocycles. The van der Waals surface area contributed by atoms with Gasteiger partial charge in [-0.15, -0.1) is 0 Å². The molecule has 9 nitrogen and oxygen atoms in total. The average Bonchev–Trinajstić information content (AvgIpc) is 2.86. The Kier molecular flexibility index (Phi) is 11.4. The summed E-state index contributed by atoms with van der Waals surface area (Å²) in [6.45, 7) is 12.6. The molecule has 2 aromatic carbocycles. The molecule has 2 rings (SSSR count). The quantitative estimate of drug-likeness (QED) is 0.314. The van der Waals surface area contributed by atoms with Crippen molar-refractivity contribution in [3.8, 4) is 17.2 Å². The van der Waals surface area contributed by atoms with Crippen LogP contribution in [0.4, 0.5) is 5.69 Å². The molecule has 0 bridgehead atoms. The molecule has 0 aromatic heterocycles. The van der Waals surface area contributed by atoms with Crippen molar-refractivity contribution in [3.63, 3.8) is 0 Å². The van der Waals surface area contributed by atoms with E-state index < -0.39 is 11.8 Å². The first kappa shape index (κ1) is 27.5. The Labute approximate surface area is 207 Å². The van der Waals surface area contributed by atoms with E-state index in [1.165, 1.54) is 0 Å². The standard InChI is InChI=1S/C26H36N4O5/c1-6-30(7-2)21-13-11-19(12-14-21)17-28-29-24(31)18-27-26(32)20-15-22(33-8-3)25(35-10-5)23(16-20)34-9-4/h11-17H,6-10,18H2,1-5H3,(H,27,32)(H,29,31)/b28-17+. The molecule has 2 amide bonds. The summed E-state index contributed by atoms with van der Waals surface area (Å²) in [6.07, 6.45) is 1.56. The summed E-state index contributed by atoms with van der Waals surface area (Å²) in [7, 11) is 0. The van der Waals surface area contributed by atoms with E-state index in [-0.39, 0.29) is 6.54 Å². The molecule has 2 N–H and O–H groups in total. The molecule has 0 saturated carbocycles. The molecule has 0 heterocycles. The van der Waals surface area contributed by atoms with Crippen LogP contribution in [0, 0.1) is 0 Å². The highest BCUT2D eigenvalue weighted by atomic mass is 16.5. The van der Waals surface area contributed by atoms with Crippen molar-refractivity contribution >= 4 is 23.7 Å². The van der Waals surface area contributed by atoms with Gasteiger partial charge in [0.1, 0.15) is 0 Å². The Balaban J connectivity index is 1.97. The summed E-state index contributed by atoms with van der Waals surface area (Å²) in [4.78, 5) is 27.1.